The Hall–Kier alpha value is -4.06. The van der Waals surface area contributed by atoms with Crippen LogP contribution >= 0.6 is 0 Å². The van der Waals surface area contributed by atoms with Crippen LogP contribution in [0, 0.1) is 17.8 Å². The first-order chi connectivity index (χ1) is 16.3. The number of hydrogen-bond donors (Lipinski definition) is 2. The number of rotatable bonds is 4. The molecule has 1 aromatic carbocycles. The van der Waals surface area contributed by atoms with Gasteiger partial charge in [0.2, 0.25) is 5.91 Å². The number of imidazole rings is 1. The molecular formula is C25H22F2N6O. The summed E-state index contributed by atoms with van der Waals surface area (Å²) in [4.78, 5) is 25.2. The van der Waals surface area contributed by atoms with Crippen molar-refractivity contribution in [2.45, 2.75) is 25.2 Å². The van der Waals surface area contributed by atoms with Gasteiger partial charge in [-0.3, -0.25) is 9.78 Å². The molecule has 4 aromatic rings. The highest BCUT2D eigenvalue weighted by Crippen LogP contribution is 2.53. The highest BCUT2D eigenvalue weighted by Gasteiger charge is 2.58. The van der Waals surface area contributed by atoms with E-state index >= 15 is 0 Å². The molecule has 172 valence electrons. The number of alkyl halides is 2. The van der Waals surface area contributed by atoms with Crippen LogP contribution in [-0.4, -0.2) is 32.5 Å². The van der Waals surface area contributed by atoms with Gasteiger partial charge in [-0.2, -0.15) is 0 Å². The number of nitrogens with two attached hydrogens (primary N) is 1. The average molecular weight is 460 g/mol. The van der Waals surface area contributed by atoms with E-state index in [-0.39, 0.29) is 17.6 Å². The summed E-state index contributed by atoms with van der Waals surface area (Å²) < 4.78 is 27.7. The van der Waals surface area contributed by atoms with Gasteiger partial charge in [-0.25, -0.2) is 18.7 Å². The Morgan fingerprint density at radius 1 is 1.24 bits per heavy atom. The van der Waals surface area contributed by atoms with Crippen molar-refractivity contribution in [1.82, 2.24) is 19.5 Å². The number of fused-ring (bicyclic) bond motifs is 2. The van der Waals surface area contributed by atoms with Gasteiger partial charge in [0.25, 0.3) is 6.43 Å². The fraction of sp³-hybridized carbons (Fsp3) is 0.280. The highest BCUT2D eigenvalue weighted by atomic mass is 19.3. The minimum Gasteiger partial charge on any atom is -0.373 e. The second-order valence-corrected chi connectivity index (χ2v) is 8.61. The molecular weight excluding hydrogens is 438 g/mol. The van der Waals surface area contributed by atoms with Crippen molar-refractivity contribution >= 4 is 33.5 Å². The van der Waals surface area contributed by atoms with E-state index in [0.29, 0.717) is 40.1 Å². The lowest BCUT2D eigenvalue weighted by Gasteiger charge is -2.14. The molecule has 3 N–H and O–H groups in total. The van der Waals surface area contributed by atoms with Crippen LogP contribution in [0.5, 0.6) is 0 Å². The summed E-state index contributed by atoms with van der Waals surface area (Å²) in [5, 5.41) is 4.63. The molecule has 0 aliphatic heterocycles. The molecule has 0 saturated heterocycles. The summed E-state index contributed by atoms with van der Waals surface area (Å²) in [6.45, 7) is 1.98. The lowest BCUT2D eigenvalue weighted by Crippen LogP contribution is -2.31. The van der Waals surface area contributed by atoms with Crippen molar-refractivity contribution in [1.29, 1.82) is 0 Å². The van der Waals surface area contributed by atoms with Gasteiger partial charge < -0.3 is 15.6 Å². The molecule has 1 amide bonds. The number of benzene rings is 1. The number of carbonyl (C=O) groups excluding carboxylic acids is 1. The molecule has 0 bridgehead atoms. The fourth-order valence-corrected chi connectivity index (χ4v) is 4.55. The highest BCUT2D eigenvalue weighted by molar-refractivity contribution is 5.97. The number of aryl methyl sites for hydroxylation is 1. The molecule has 2 unspecified atom stereocenters. The number of nitrogens with one attached hydrogen (secondary N) is 1. The summed E-state index contributed by atoms with van der Waals surface area (Å²) in [5.74, 6) is 6.36. The number of anilines is 1. The zero-order chi connectivity index (χ0) is 24.2. The molecule has 2 atom stereocenters. The van der Waals surface area contributed by atoms with Crippen LogP contribution < -0.4 is 11.1 Å². The van der Waals surface area contributed by atoms with Crippen LogP contribution in [0.15, 0.2) is 36.7 Å². The standard InChI is InChI=1S/C25H22F2N6O/c1-13-10-25(13,24(28)34)20-9-16-15(11-31-22(29-2)17(16)12-30-20)6-4-14-5-7-18-19(8-14)33(3)23(32-18)21(26)27/h5,7-9,11-13,21H,10H2,1-3H3,(H2,28,34)(H,29,31). The first-order valence-electron chi connectivity index (χ1n) is 10.8. The maximum absolute atomic E-state index is 13.2. The van der Waals surface area contributed by atoms with Crippen LogP contribution in [0.3, 0.4) is 0 Å². The van der Waals surface area contributed by atoms with Crippen molar-refractivity contribution in [3.63, 3.8) is 0 Å². The van der Waals surface area contributed by atoms with E-state index in [1.54, 1.807) is 44.7 Å². The van der Waals surface area contributed by atoms with Crippen LogP contribution in [0.25, 0.3) is 21.8 Å². The second kappa shape index (κ2) is 7.76. The first-order valence-corrected chi connectivity index (χ1v) is 10.8. The Kier molecular flexibility index (Phi) is 4.97. The number of aromatic nitrogens is 4. The third-order valence-corrected chi connectivity index (χ3v) is 6.67. The lowest BCUT2D eigenvalue weighted by atomic mass is 9.95. The number of nitrogens with zero attached hydrogens (tertiary/aromatic N) is 4. The molecule has 1 fully saturated rings. The summed E-state index contributed by atoms with van der Waals surface area (Å²) in [7, 11) is 3.33. The van der Waals surface area contributed by atoms with Gasteiger partial charge >= 0.3 is 0 Å². The van der Waals surface area contributed by atoms with Crippen LogP contribution in [0.4, 0.5) is 14.6 Å². The number of carbonyl (C=O) groups is 1. The zero-order valence-electron chi connectivity index (χ0n) is 18.9. The van der Waals surface area contributed by atoms with Crippen molar-refractivity contribution < 1.29 is 13.6 Å². The molecule has 3 heterocycles. The minimum atomic E-state index is -2.66. The molecule has 5 rings (SSSR count). The van der Waals surface area contributed by atoms with Crippen molar-refractivity contribution in [3.8, 4) is 11.8 Å². The van der Waals surface area contributed by atoms with Crippen molar-refractivity contribution in [2.24, 2.45) is 18.7 Å². The average Bonchev–Trinajstić information content (AvgIpc) is 3.41. The Balaban J connectivity index is 1.62. The number of halogens is 2. The van der Waals surface area contributed by atoms with Gasteiger partial charge in [0, 0.05) is 42.8 Å². The van der Waals surface area contributed by atoms with Gasteiger partial charge in [0.05, 0.1) is 27.7 Å². The molecule has 9 heteroatoms. The van der Waals surface area contributed by atoms with E-state index in [4.69, 9.17) is 5.73 Å². The van der Waals surface area contributed by atoms with Crippen molar-refractivity contribution in [2.75, 3.05) is 12.4 Å². The Bertz CT molecular complexity index is 1530. The summed E-state index contributed by atoms with van der Waals surface area (Å²) >= 11 is 0. The Morgan fingerprint density at radius 2 is 2.00 bits per heavy atom. The molecule has 1 aliphatic carbocycles. The summed E-state index contributed by atoms with van der Waals surface area (Å²) in [6.07, 6.45) is 1.36. The predicted octanol–water partition coefficient (Wildman–Crippen LogP) is 3.66. The normalized spacial score (nSPS) is 19.3. The van der Waals surface area contributed by atoms with Crippen LogP contribution in [-0.2, 0) is 17.3 Å². The molecule has 7 nitrogen and oxygen atoms in total. The van der Waals surface area contributed by atoms with Crippen LogP contribution in [0.2, 0.25) is 0 Å². The molecule has 0 spiro atoms. The quantitative estimate of drug-likeness (QED) is 0.453. The first kappa shape index (κ1) is 21.8. The van der Waals surface area contributed by atoms with E-state index in [9.17, 15) is 13.6 Å². The topological polar surface area (TPSA) is 98.7 Å². The van der Waals surface area contributed by atoms with Crippen molar-refractivity contribution in [3.05, 3.63) is 59.3 Å². The molecule has 1 aliphatic rings. The van der Waals surface area contributed by atoms with Crippen LogP contribution in [0.1, 0.15) is 42.4 Å². The number of primary amides is 1. The summed E-state index contributed by atoms with van der Waals surface area (Å²) in [6, 6.07) is 7.03. The van der Waals surface area contributed by atoms with E-state index in [0.717, 1.165) is 10.8 Å². The monoisotopic (exact) mass is 460 g/mol. The number of pyridine rings is 2. The van der Waals surface area contributed by atoms with E-state index in [1.165, 1.54) is 4.57 Å². The minimum absolute atomic E-state index is 0.124. The molecule has 34 heavy (non-hydrogen) atoms. The van der Waals surface area contributed by atoms with Gasteiger partial charge in [-0.05, 0) is 36.6 Å². The smallest absolute Gasteiger partial charge is 0.295 e. The zero-order valence-corrected chi connectivity index (χ0v) is 18.9. The largest absolute Gasteiger partial charge is 0.373 e. The SMILES string of the molecule is CNc1ncc(C#Cc2ccc3nc(C(F)F)n(C)c3c2)c2cc(C3(C(N)=O)CC3C)ncc12. The third-order valence-electron chi connectivity index (χ3n) is 6.67. The second-order valence-electron chi connectivity index (χ2n) is 8.61. The Labute approximate surface area is 194 Å². The number of amides is 1. The molecule has 1 saturated carbocycles. The molecule has 0 radical (unpaired) electrons. The lowest BCUT2D eigenvalue weighted by molar-refractivity contribution is -0.120. The summed E-state index contributed by atoms with van der Waals surface area (Å²) in [5.41, 5.74) is 7.97. The van der Waals surface area contributed by atoms with E-state index in [1.807, 2.05) is 13.0 Å². The maximum Gasteiger partial charge on any atom is 0.295 e. The fourth-order valence-electron chi connectivity index (χ4n) is 4.55. The van der Waals surface area contributed by atoms with Gasteiger partial charge in [-0.1, -0.05) is 18.8 Å². The van der Waals surface area contributed by atoms with Gasteiger partial charge in [0.1, 0.15) is 5.82 Å². The van der Waals surface area contributed by atoms with E-state index < -0.39 is 11.8 Å². The predicted molar refractivity (Wildman–Crippen MR) is 125 cm³/mol. The van der Waals surface area contributed by atoms with E-state index in [2.05, 4.69) is 32.1 Å². The molecule has 3 aromatic heterocycles. The maximum atomic E-state index is 13.2. The Morgan fingerprint density at radius 3 is 2.65 bits per heavy atom. The van der Waals surface area contributed by atoms with Gasteiger partial charge in [0.15, 0.2) is 5.82 Å². The number of hydrogen-bond acceptors (Lipinski definition) is 5. The van der Waals surface area contributed by atoms with Gasteiger partial charge in [-0.15, -0.1) is 0 Å². The third kappa shape index (κ3) is 3.25.